The number of nitrogens with zero attached hydrogens (tertiary/aromatic N) is 2. The van der Waals surface area contributed by atoms with Gasteiger partial charge in [0.2, 0.25) is 0 Å². The largest absolute Gasteiger partial charge is 0.480 e. The summed E-state index contributed by atoms with van der Waals surface area (Å²) >= 11 is 0. The lowest BCUT2D eigenvalue weighted by molar-refractivity contribution is -0.137. The highest BCUT2D eigenvalue weighted by Crippen LogP contribution is 2.27. The minimum atomic E-state index is -0.995. The van der Waals surface area contributed by atoms with E-state index in [0.717, 1.165) is 19.3 Å². The van der Waals surface area contributed by atoms with E-state index in [2.05, 4.69) is 13.5 Å². The van der Waals surface area contributed by atoms with E-state index in [4.69, 9.17) is 5.11 Å². The van der Waals surface area contributed by atoms with E-state index in [1.54, 1.807) is 6.08 Å². The molecule has 0 aromatic carbocycles. The van der Waals surface area contributed by atoms with Gasteiger partial charge in [0.25, 0.3) is 0 Å². The molecule has 18 heavy (non-hydrogen) atoms. The second-order valence-corrected chi connectivity index (χ2v) is 4.74. The standard InChI is InChI=1S/C13H22N2O3/c1-4-8-14(9-12(16)17)13(18)15-10(3)6-7-11(15)5-2/h4,10-11H,1,5-9H2,2-3H3,(H,16,17). The number of rotatable bonds is 5. The predicted molar refractivity (Wildman–Crippen MR) is 69.4 cm³/mol. The lowest BCUT2D eigenvalue weighted by Gasteiger charge is -2.33. The van der Waals surface area contributed by atoms with Crippen molar-refractivity contribution in [2.24, 2.45) is 0 Å². The number of carboxylic acid groups (broad SMARTS) is 1. The van der Waals surface area contributed by atoms with Crippen molar-refractivity contribution in [1.82, 2.24) is 9.80 Å². The normalized spacial score (nSPS) is 22.9. The summed E-state index contributed by atoms with van der Waals surface area (Å²) in [4.78, 5) is 26.3. The van der Waals surface area contributed by atoms with Crippen molar-refractivity contribution in [2.45, 2.75) is 45.2 Å². The van der Waals surface area contributed by atoms with Gasteiger partial charge >= 0.3 is 12.0 Å². The van der Waals surface area contributed by atoms with Gasteiger partial charge in [0.15, 0.2) is 0 Å². The smallest absolute Gasteiger partial charge is 0.323 e. The van der Waals surface area contributed by atoms with Crippen LogP contribution in [0.3, 0.4) is 0 Å². The highest BCUT2D eigenvalue weighted by molar-refractivity contribution is 5.81. The predicted octanol–water partition coefficient (Wildman–Crippen LogP) is 1.94. The highest BCUT2D eigenvalue weighted by atomic mass is 16.4. The van der Waals surface area contributed by atoms with Gasteiger partial charge in [-0.2, -0.15) is 0 Å². The van der Waals surface area contributed by atoms with Gasteiger partial charge in [-0.1, -0.05) is 13.0 Å². The van der Waals surface area contributed by atoms with Crippen LogP contribution in [0.4, 0.5) is 4.79 Å². The van der Waals surface area contributed by atoms with Crippen molar-refractivity contribution in [1.29, 1.82) is 0 Å². The fourth-order valence-corrected chi connectivity index (χ4v) is 2.51. The molecule has 102 valence electrons. The number of urea groups is 1. The molecule has 1 fully saturated rings. The maximum Gasteiger partial charge on any atom is 0.323 e. The Morgan fingerprint density at radius 1 is 1.50 bits per heavy atom. The van der Waals surface area contributed by atoms with Crippen LogP contribution in [0.5, 0.6) is 0 Å². The summed E-state index contributed by atoms with van der Waals surface area (Å²) in [6.07, 6.45) is 4.45. The molecular formula is C13H22N2O3. The zero-order chi connectivity index (χ0) is 13.7. The Hall–Kier alpha value is -1.52. The van der Waals surface area contributed by atoms with Crippen molar-refractivity contribution >= 4 is 12.0 Å². The van der Waals surface area contributed by atoms with Crippen molar-refractivity contribution in [2.75, 3.05) is 13.1 Å². The molecule has 2 unspecified atom stereocenters. The molecule has 5 nitrogen and oxygen atoms in total. The van der Waals surface area contributed by atoms with Crippen LogP contribution in [-0.4, -0.2) is 52.1 Å². The summed E-state index contributed by atoms with van der Waals surface area (Å²) in [7, 11) is 0. The van der Waals surface area contributed by atoms with Crippen LogP contribution in [0, 0.1) is 0 Å². The fraction of sp³-hybridized carbons (Fsp3) is 0.692. The first-order chi connectivity index (χ1) is 8.51. The summed E-state index contributed by atoms with van der Waals surface area (Å²) < 4.78 is 0. The highest BCUT2D eigenvalue weighted by Gasteiger charge is 2.35. The van der Waals surface area contributed by atoms with E-state index in [-0.39, 0.29) is 31.2 Å². The van der Waals surface area contributed by atoms with E-state index in [0.29, 0.717) is 0 Å². The Morgan fingerprint density at radius 3 is 2.67 bits per heavy atom. The summed E-state index contributed by atoms with van der Waals surface area (Å²) in [5.74, 6) is -0.995. The molecule has 0 radical (unpaired) electrons. The van der Waals surface area contributed by atoms with E-state index in [1.807, 2.05) is 11.8 Å². The lowest BCUT2D eigenvalue weighted by Crippen LogP contribution is -2.49. The number of carboxylic acids is 1. The molecule has 1 rings (SSSR count). The first-order valence-electron chi connectivity index (χ1n) is 6.41. The zero-order valence-electron chi connectivity index (χ0n) is 11.1. The SMILES string of the molecule is C=CCN(CC(=O)O)C(=O)N1C(C)CCC1CC. The van der Waals surface area contributed by atoms with Crippen LogP contribution >= 0.6 is 0 Å². The second-order valence-electron chi connectivity index (χ2n) is 4.74. The molecule has 1 aliphatic heterocycles. The fourth-order valence-electron chi connectivity index (χ4n) is 2.51. The number of carbonyl (C=O) groups excluding carboxylic acids is 1. The van der Waals surface area contributed by atoms with Gasteiger partial charge in [-0.05, 0) is 26.2 Å². The van der Waals surface area contributed by atoms with Gasteiger partial charge in [-0.25, -0.2) is 4.79 Å². The average molecular weight is 254 g/mol. The molecule has 2 atom stereocenters. The van der Waals surface area contributed by atoms with Crippen LogP contribution in [0.15, 0.2) is 12.7 Å². The monoisotopic (exact) mass is 254 g/mol. The van der Waals surface area contributed by atoms with E-state index < -0.39 is 5.97 Å². The molecule has 0 bridgehead atoms. The first-order valence-corrected chi connectivity index (χ1v) is 6.41. The van der Waals surface area contributed by atoms with Gasteiger partial charge in [-0.3, -0.25) is 4.79 Å². The molecule has 0 aromatic rings. The van der Waals surface area contributed by atoms with Crippen molar-refractivity contribution in [3.63, 3.8) is 0 Å². The molecule has 1 heterocycles. The van der Waals surface area contributed by atoms with Crippen molar-refractivity contribution in [3.05, 3.63) is 12.7 Å². The van der Waals surface area contributed by atoms with Gasteiger partial charge in [-0.15, -0.1) is 6.58 Å². The third kappa shape index (κ3) is 3.24. The number of hydrogen-bond acceptors (Lipinski definition) is 2. The number of hydrogen-bond donors (Lipinski definition) is 1. The first kappa shape index (κ1) is 14.5. The number of carbonyl (C=O) groups is 2. The van der Waals surface area contributed by atoms with Gasteiger partial charge < -0.3 is 14.9 Å². The minimum absolute atomic E-state index is 0.184. The van der Waals surface area contributed by atoms with Crippen LogP contribution in [0.2, 0.25) is 0 Å². The van der Waals surface area contributed by atoms with Crippen molar-refractivity contribution in [3.8, 4) is 0 Å². The molecule has 0 spiro atoms. The summed E-state index contributed by atoms with van der Waals surface area (Å²) in [6.45, 7) is 7.63. The average Bonchev–Trinajstić information content (AvgIpc) is 2.68. The lowest BCUT2D eigenvalue weighted by atomic mass is 10.2. The zero-order valence-corrected chi connectivity index (χ0v) is 11.1. The molecule has 0 aromatic heterocycles. The van der Waals surface area contributed by atoms with Gasteiger partial charge in [0, 0.05) is 18.6 Å². The quantitative estimate of drug-likeness (QED) is 0.763. The van der Waals surface area contributed by atoms with Crippen molar-refractivity contribution < 1.29 is 14.7 Å². The molecule has 0 saturated carbocycles. The molecule has 2 amide bonds. The van der Waals surface area contributed by atoms with Crippen LogP contribution in [0.25, 0.3) is 0 Å². The third-order valence-corrected chi connectivity index (χ3v) is 3.42. The Balaban J connectivity index is 2.80. The Labute approximate surface area is 108 Å². The summed E-state index contributed by atoms with van der Waals surface area (Å²) in [5.41, 5.74) is 0. The van der Waals surface area contributed by atoms with Gasteiger partial charge in [0.1, 0.15) is 6.54 Å². The molecule has 5 heteroatoms. The molecule has 1 aliphatic rings. The second kappa shape index (κ2) is 6.42. The molecular weight excluding hydrogens is 232 g/mol. The molecule has 0 aliphatic carbocycles. The maximum atomic E-state index is 12.4. The van der Waals surface area contributed by atoms with E-state index in [9.17, 15) is 9.59 Å². The Bertz CT molecular complexity index is 330. The number of aliphatic carboxylic acids is 1. The third-order valence-electron chi connectivity index (χ3n) is 3.42. The summed E-state index contributed by atoms with van der Waals surface area (Å²) in [6, 6.07) is 0.228. The molecule has 1 N–H and O–H groups in total. The van der Waals surface area contributed by atoms with Gasteiger partial charge in [0.05, 0.1) is 0 Å². The van der Waals surface area contributed by atoms with Crippen LogP contribution in [-0.2, 0) is 4.79 Å². The maximum absolute atomic E-state index is 12.4. The van der Waals surface area contributed by atoms with Crippen LogP contribution in [0.1, 0.15) is 33.1 Å². The molecule has 1 saturated heterocycles. The number of amides is 2. The number of likely N-dealkylation sites (tertiary alicyclic amines) is 1. The Kier molecular flexibility index (Phi) is 5.19. The van der Waals surface area contributed by atoms with Crippen LogP contribution < -0.4 is 0 Å². The van der Waals surface area contributed by atoms with E-state index in [1.165, 1.54) is 4.90 Å². The minimum Gasteiger partial charge on any atom is -0.480 e. The topological polar surface area (TPSA) is 60.9 Å². The summed E-state index contributed by atoms with van der Waals surface area (Å²) in [5, 5.41) is 8.84. The Morgan fingerprint density at radius 2 is 2.17 bits per heavy atom. The van der Waals surface area contributed by atoms with E-state index >= 15 is 0 Å².